The largest absolute Gasteiger partial charge is 0.467 e. The Morgan fingerprint density at radius 1 is 1.00 bits per heavy atom. The predicted molar refractivity (Wildman–Crippen MR) is 124 cm³/mol. The van der Waals surface area contributed by atoms with E-state index >= 15 is 0 Å². The van der Waals surface area contributed by atoms with Gasteiger partial charge in [0.1, 0.15) is 5.76 Å². The van der Waals surface area contributed by atoms with Gasteiger partial charge in [-0.2, -0.15) is 0 Å². The maximum absolute atomic E-state index is 13.3. The van der Waals surface area contributed by atoms with E-state index in [9.17, 15) is 13.2 Å². The molecular formula is C24H25NO4S2. The Kier molecular flexibility index (Phi) is 6.83. The van der Waals surface area contributed by atoms with Crippen LogP contribution in [0.5, 0.6) is 0 Å². The van der Waals surface area contributed by atoms with Crippen LogP contribution in [0.4, 0.5) is 0 Å². The SMILES string of the molecule is O=C(CSC(c1ccccc1)c1ccccc1)N(Cc1ccco1)[C@@H]1CCS(=O)(=O)C1. The van der Waals surface area contributed by atoms with Crippen molar-refractivity contribution in [2.75, 3.05) is 17.3 Å². The van der Waals surface area contributed by atoms with Crippen molar-refractivity contribution >= 4 is 27.5 Å². The molecular weight excluding hydrogens is 430 g/mol. The highest BCUT2D eigenvalue weighted by Gasteiger charge is 2.35. The number of rotatable bonds is 8. The molecule has 1 saturated heterocycles. The molecule has 2 aromatic carbocycles. The van der Waals surface area contributed by atoms with Crippen molar-refractivity contribution in [1.29, 1.82) is 0 Å². The zero-order valence-corrected chi connectivity index (χ0v) is 18.7. The minimum atomic E-state index is -3.10. The number of thioether (sulfide) groups is 1. The third-order valence-electron chi connectivity index (χ3n) is 5.45. The lowest BCUT2D eigenvalue weighted by Gasteiger charge is -2.28. The molecule has 0 aliphatic carbocycles. The summed E-state index contributed by atoms with van der Waals surface area (Å²) in [6.45, 7) is 0.286. The van der Waals surface area contributed by atoms with Crippen LogP contribution in [0.2, 0.25) is 0 Å². The van der Waals surface area contributed by atoms with Gasteiger partial charge in [0.2, 0.25) is 5.91 Å². The number of hydrogen-bond donors (Lipinski definition) is 0. The van der Waals surface area contributed by atoms with Crippen LogP contribution in [0.25, 0.3) is 0 Å². The van der Waals surface area contributed by atoms with Gasteiger partial charge >= 0.3 is 0 Å². The third kappa shape index (κ3) is 5.60. The standard InChI is InChI=1S/C24H25NO4S2/c26-23(25(16-22-12-7-14-29-22)21-13-15-31(27,28)18-21)17-30-24(19-8-3-1-4-9-19)20-10-5-2-6-11-20/h1-12,14,21,24H,13,15-18H2/t21-/m1/s1. The summed E-state index contributed by atoms with van der Waals surface area (Å²) in [6.07, 6.45) is 2.04. The van der Waals surface area contributed by atoms with Gasteiger partial charge < -0.3 is 9.32 Å². The summed E-state index contributed by atoms with van der Waals surface area (Å²) in [7, 11) is -3.10. The van der Waals surface area contributed by atoms with Crippen LogP contribution < -0.4 is 0 Å². The van der Waals surface area contributed by atoms with Crippen molar-refractivity contribution in [3.63, 3.8) is 0 Å². The number of sulfone groups is 1. The zero-order valence-electron chi connectivity index (χ0n) is 17.1. The quantitative estimate of drug-likeness (QED) is 0.506. The summed E-state index contributed by atoms with van der Waals surface area (Å²) in [6, 6.07) is 23.5. The number of carbonyl (C=O) groups is 1. The Hall–Kier alpha value is -2.51. The summed E-state index contributed by atoms with van der Waals surface area (Å²) in [5, 5.41) is 0.0177. The molecule has 162 valence electrons. The first-order valence-corrected chi connectivity index (χ1v) is 13.1. The van der Waals surface area contributed by atoms with Crippen molar-refractivity contribution in [1.82, 2.24) is 4.90 Å². The Balaban J connectivity index is 1.52. The van der Waals surface area contributed by atoms with Crippen LogP contribution in [0, 0.1) is 0 Å². The van der Waals surface area contributed by atoms with Gasteiger partial charge in [-0.25, -0.2) is 8.42 Å². The second kappa shape index (κ2) is 9.75. The van der Waals surface area contributed by atoms with Gasteiger partial charge in [-0.15, -0.1) is 11.8 Å². The van der Waals surface area contributed by atoms with E-state index in [0.717, 1.165) is 11.1 Å². The lowest BCUT2D eigenvalue weighted by molar-refractivity contribution is -0.131. The fourth-order valence-corrected chi connectivity index (χ4v) is 6.80. The second-order valence-electron chi connectivity index (χ2n) is 7.67. The van der Waals surface area contributed by atoms with Crippen molar-refractivity contribution in [3.05, 3.63) is 95.9 Å². The van der Waals surface area contributed by atoms with E-state index in [1.807, 2.05) is 42.5 Å². The molecule has 31 heavy (non-hydrogen) atoms. The molecule has 1 aromatic heterocycles. The van der Waals surface area contributed by atoms with E-state index in [2.05, 4.69) is 24.3 Å². The highest BCUT2D eigenvalue weighted by Crippen LogP contribution is 2.36. The maximum Gasteiger partial charge on any atom is 0.233 e. The molecule has 0 spiro atoms. The van der Waals surface area contributed by atoms with Crippen molar-refractivity contribution < 1.29 is 17.6 Å². The minimum Gasteiger partial charge on any atom is -0.467 e. The molecule has 1 fully saturated rings. The number of benzene rings is 2. The summed E-state index contributed by atoms with van der Waals surface area (Å²) in [5.74, 6) is 0.991. The lowest BCUT2D eigenvalue weighted by atomic mass is 10.0. The fourth-order valence-electron chi connectivity index (χ4n) is 3.89. The van der Waals surface area contributed by atoms with Crippen LogP contribution in [0.1, 0.15) is 28.6 Å². The maximum atomic E-state index is 13.3. The number of furan rings is 1. The lowest BCUT2D eigenvalue weighted by Crippen LogP contribution is -2.41. The molecule has 0 unspecified atom stereocenters. The van der Waals surface area contributed by atoms with E-state index < -0.39 is 9.84 Å². The van der Waals surface area contributed by atoms with E-state index in [1.165, 1.54) is 0 Å². The first-order valence-electron chi connectivity index (χ1n) is 10.3. The monoisotopic (exact) mass is 455 g/mol. The van der Waals surface area contributed by atoms with Crippen LogP contribution >= 0.6 is 11.8 Å². The first-order chi connectivity index (χ1) is 15.0. The topological polar surface area (TPSA) is 67.6 Å². The summed E-state index contributed by atoms with van der Waals surface area (Å²) in [5.41, 5.74) is 2.26. The van der Waals surface area contributed by atoms with Crippen molar-refractivity contribution in [2.24, 2.45) is 0 Å². The van der Waals surface area contributed by atoms with Gasteiger partial charge in [0.25, 0.3) is 0 Å². The smallest absolute Gasteiger partial charge is 0.233 e. The summed E-state index contributed by atoms with van der Waals surface area (Å²) in [4.78, 5) is 15.0. The molecule has 5 nitrogen and oxygen atoms in total. The van der Waals surface area contributed by atoms with Gasteiger partial charge in [0.15, 0.2) is 9.84 Å². The van der Waals surface area contributed by atoms with E-state index in [0.29, 0.717) is 12.2 Å². The van der Waals surface area contributed by atoms with Crippen LogP contribution in [-0.4, -0.2) is 42.5 Å². The van der Waals surface area contributed by atoms with E-state index in [-0.39, 0.29) is 41.0 Å². The second-order valence-corrected chi connectivity index (χ2v) is 11.0. The van der Waals surface area contributed by atoms with Crippen molar-refractivity contribution in [2.45, 2.75) is 24.3 Å². The average molecular weight is 456 g/mol. The molecule has 1 aliphatic rings. The number of hydrogen-bond acceptors (Lipinski definition) is 5. The van der Waals surface area contributed by atoms with Gasteiger partial charge in [0.05, 0.1) is 35.3 Å². The van der Waals surface area contributed by atoms with Crippen LogP contribution in [-0.2, 0) is 21.2 Å². The Bertz CT molecular complexity index is 1040. The molecule has 4 rings (SSSR count). The minimum absolute atomic E-state index is 0.0177. The zero-order chi connectivity index (χ0) is 21.7. The molecule has 7 heteroatoms. The molecule has 0 radical (unpaired) electrons. The summed E-state index contributed by atoms with van der Waals surface area (Å²) < 4.78 is 29.5. The third-order valence-corrected chi connectivity index (χ3v) is 8.50. The molecule has 0 N–H and O–H groups in total. The molecule has 3 aromatic rings. The Morgan fingerprint density at radius 3 is 2.16 bits per heavy atom. The molecule has 2 heterocycles. The number of nitrogens with zero attached hydrogens (tertiary/aromatic N) is 1. The van der Waals surface area contributed by atoms with E-state index in [1.54, 1.807) is 29.0 Å². The number of carbonyl (C=O) groups excluding carboxylic acids is 1. The molecule has 1 aliphatic heterocycles. The van der Waals surface area contributed by atoms with Crippen LogP contribution in [0.15, 0.2) is 83.5 Å². The average Bonchev–Trinajstić information content (AvgIpc) is 3.42. The Morgan fingerprint density at radius 2 is 1.65 bits per heavy atom. The predicted octanol–water partition coefficient (Wildman–Crippen LogP) is 4.32. The highest BCUT2D eigenvalue weighted by molar-refractivity contribution is 8.00. The van der Waals surface area contributed by atoms with Gasteiger partial charge in [-0.05, 0) is 29.7 Å². The molecule has 0 saturated carbocycles. The summed E-state index contributed by atoms with van der Waals surface area (Å²) >= 11 is 1.56. The molecule has 0 bridgehead atoms. The van der Waals surface area contributed by atoms with Gasteiger partial charge in [-0.1, -0.05) is 60.7 Å². The van der Waals surface area contributed by atoms with Crippen LogP contribution in [0.3, 0.4) is 0 Å². The fraction of sp³-hybridized carbons (Fsp3) is 0.292. The molecule has 1 atom stereocenters. The highest BCUT2D eigenvalue weighted by atomic mass is 32.2. The number of amides is 1. The normalized spacial score (nSPS) is 17.6. The molecule has 1 amide bonds. The van der Waals surface area contributed by atoms with E-state index in [4.69, 9.17) is 4.42 Å². The first kappa shape index (κ1) is 21.7. The van der Waals surface area contributed by atoms with Crippen molar-refractivity contribution in [3.8, 4) is 0 Å². The van der Waals surface area contributed by atoms with Gasteiger partial charge in [-0.3, -0.25) is 4.79 Å². The Labute approximate surface area is 187 Å². The van der Waals surface area contributed by atoms with Gasteiger partial charge in [0, 0.05) is 6.04 Å².